The second-order valence-corrected chi connectivity index (χ2v) is 3.58. The van der Waals surface area contributed by atoms with Crippen LogP contribution in [0.15, 0.2) is 17.2 Å². The lowest BCUT2D eigenvalue weighted by atomic mass is 10.2. The maximum atomic E-state index is 9.61. The molecule has 1 rings (SSSR count). The zero-order valence-corrected chi connectivity index (χ0v) is 10.2. The standard InChI is InChI=1S/C11H15ClN2O3/c1-2-17-10-6-8(5-9(12)11(10)16)7-14-13-3-4-15/h5-7,13,15-16H,2-4H2,1H3. The Hall–Kier alpha value is -1.46. The molecule has 0 aliphatic carbocycles. The molecule has 3 N–H and O–H groups in total. The van der Waals surface area contributed by atoms with E-state index in [1.807, 2.05) is 6.92 Å². The lowest BCUT2D eigenvalue weighted by molar-refractivity contribution is 0.294. The van der Waals surface area contributed by atoms with E-state index < -0.39 is 0 Å². The van der Waals surface area contributed by atoms with E-state index in [1.165, 1.54) is 6.21 Å². The van der Waals surface area contributed by atoms with Gasteiger partial charge in [-0.25, -0.2) is 0 Å². The van der Waals surface area contributed by atoms with Crippen molar-refractivity contribution in [1.29, 1.82) is 0 Å². The van der Waals surface area contributed by atoms with Gasteiger partial charge in [-0.3, -0.25) is 0 Å². The monoisotopic (exact) mass is 258 g/mol. The van der Waals surface area contributed by atoms with Gasteiger partial charge in [-0.15, -0.1) is 0 Å². The molecule has 0 aromatic heterocycles. The molecule has 0 unspecified atom stereocenters. The molecule has 1 aromatic rings. The summed E-state index contributed by atoms with van der Waals surface area (Å²) in [6.07, 6.45) is 1.53. The number of phenols is 1. The van der Waals surface area contributed by atoms with Crippen molar-refractivity contribution in [2.24, 2.45) is 5.10 Å². The summed E-state index contributed by atoms with van der Waals surface area (Å²) in [7, 11) is 0. The number of aromatic hydroxyl groups is 1. The Morgan fingerprint density at radius 3 is 2.94 bits per heavy atom. The molecule has 17 heavy (non-hydrogen) atoms. The fourth-order valence-corrected chi connectivity index (χ4v) is 1.39. The van der Waals surface area contributed by atoms with E-state index in [0.29, 0.717) is 24.5 Å². The van der Waals surface area contributed by atoms with Crippen LogP contribution in [0.2, 0.25) is 5.02 Å². The highest BCUT2D eigenvalue weighted by Crippen LogP contribution is 2.34. The minimum absolute atomic E-state index is 0.0118. The molecule has 0 saturated heterocycles. The predicted molar refractivity (Wildman–Crippen MR) is 67.0 cm³/mol. The first-order valence-electron chi connectivity index (χ1n) is 5.21. The fraction of sp³-hybridized carbons (Fsp3) is 0.364. The Morgan fingerprint density at radius 2 is 2.29 bits per heavy atom. The van der Waals surface area contributed by atoms with Crippen LogP contribution in [0.3, 0.4) is 0 Å². The van der Waals surface area contributed by atoms with Crippen molar-refractivity contribution >= 4 is 17.8 Å². The summed E-state index contributed by atoms with van der Waals surface area (Å²) in [5, 5.41) is 22.2. The van der Waals surface area contributed by atoms with Crippen molar-refractivity contribution in [3.63, 3.8) is 0 Å². The molecule has 94 valence electrons. The third-order valence-corrected chi connectivity index (χ3v) is 2.17. The van der Waals surface area contributed by atoms with E-state index in [0.717, 1.165) is 0 Å². The normalized spacial score (nSPS) is 10.8. The minimum atomic E-state index is -0.0750. The van der Waals surface area contributed by atoms with Crippen molar-refractivity contribution in [3.8, 4) is 11.5 Å². The number of halogens is 1. The average Bonchev–Trinajstić information content (AvgIpc) is 2.31. The van der Waals surface area contributed by atoms with Crippen LogP contribution in [0.5, 0.6) is 11.5 Å². The summed E-state index contributed by atoms with van der Waals surface area (Å²) in [5.41, 5.74) is 3.34. The zero-order chi connectivity index (χ0) is 12.7. The SMILES string of the molecule is CCOc1cc(C=NNCCO)cc(Cl)c1O. The number of benzene rings is 1. The van der Waals surface area contributed by atoms with Gasteiger partial charge >= 0.3 is 0 Å². The quantitative estimate of drug-likeness (QED) is 0.409. The number of hydrogen-bond donors (Lipinski definition) is 3. The number of phenolic OH excluding ortho intramolecular Hbond substituents is 1. The van der Waals surface area contributed by atoms with Crippen LogP contribution in [0.4, 0.5) is 0 Å². The van der Waals surface area contributed by atoms with Gasteiger partial charge in [-0.2, -0.15) is 5.10 Å². The zero-order valence-electron chi connectivity index (χ0n) is 9.48. The number of rotatable bonds is 6. The lowest BCUT2D eigenvalue weighted by Crippen LogP contribution is -2.11. The molecular formula is C11H15ClN2O3. The second-order valence-electron chi connectivity index (χ2n) is 3.17. The van der Waals surface area contributed by atoms with E-state index in [1.54, 1.807) is 12.1 Å². The van der Waals surface area contributed by atoms with Crippen molar-refractivity contribution in [2.75, 3.05) is 19.8 Å². The van der Waals surface area contributed by atoms with Crippen LogP contribution in [0.25, 0.3) is 0 Å². The number of hydrogen-bond acceptors (Lipinski definition) is 5. The van der Waals surface area contributed by atoms with Crippen LogP contribution >= 0.6 is 11.6 Å². The Morgan fingerprint density at radius 1 is 1.53 bits per heavy atom. The Labute approximate surface area is 105 Å². The van der Waals surface area contributed by atoms with Gasteiger partial charge in [-0.05, 0) is 24.6 Å². The molecule has 0 aliphatic rings. The third-order valence-electron chi connectivity index (χ3n) is 1.88. The Balaban J connectivity index is 2.82. The molecule has 0 bridgehead atoms. The summed E-state index contributed by atoms with van der Waals surface area (Å²) in [6, 6.07) is 3.21. The van der Waals surface area contributed by atoms with Crippen molar-refractivity contribution in [3.05, 3.63) is 22.7 Å². The molecule has 6 heteroatoms. The van der Waals surface area contributed by atoms with Gasteiger partial charge < -0.3 is 20.4 Å². The molecular weight excluding hydrogens is 244 g/mol. The fourth-order valence-electron chi connectivity index (χ4n) is 1.17. The first kappa shape index (κ1) is 13.6. The molecule has 0 atom stereocenters. The van der Waals surface area contributed by atoms with E-state index in [4.69, 9.17) is 21.4 Å². The maximum Gasteiger partial charge on any atom is 0.176 e. The molecule has 5 nitrogen and oxygen atoms in total. The summed E-state index contributed by atoms with van der Waals surface area (Å²) in [5.74, 6) is 0.248. The summed E-state index contributed by atoms with van der Waals surface area (Å²) < 4.78 is 5.23. The average molecular weight is 259 g/mol. The lowest BCUT2D eigenvalue weighted by Gasteiger charge is -2.08. The van der Waals surface area contributed by atoms with E-state index in [-0.39, 0.29) is 17.4 Å². The minimum Gasteiger partial charge on any atom is -0.503 e. The number of nitrogens with one attached hydrogen (secondary N) is 1. The number of aliphatic hydroxyl groups is 1. The van der Waals surface area contributed by atoms with Gasteiger partial charge in [0.25, 0.3) is 0 Å². The van der Waals surface area contributed by atoms with Crippen LogP contribution in [0.1, 0.15) is 12.5 Å². The number of nitrogens with zero attached hydrogens (tertiary/aromatic N) is 1. The number of hydrazone groups is 1. The molecule has 0 amide bonds. The maximum absolute atomic E-state index is 9.61. The van der Waals surface area contributed by atoms with Crippen molar-refractivity contribution < 1.29 is 14.9 Å². The van der Waals surface area contributed by atoms with Crippen LogP contribution in [0, 0.1) is 0 Å². The Bertz CT molecular complexity index is 397. The highest BCUT2D eigenvalue weighted by molar-refractivity contribution is 6.32. The molecule has 0 radical (unpaired) electrons. The topological polar surface area (TPSA) is 74.1 Å². The van der Waals surface area contributed by atoms with E-state index in [9.17, 15) is 5.11 Å². The van der Waals surface area contributed by atoms with Gasteiger partial charge in [-0.1, -0.05) is 11.6 Å². The van der Waals surface area contributed by atoms with Crippen LogP contribution in [-0.2, 0) is 0 Å². The van der Waals surface area contributed by atoms with Crippen molar-refractivity contribution in [1.82, 2.24) is 5.43 Å². The van der Waals surface area contributed by atoms with E-state index >= 15 is 0 Å². The number of ether oxygens (including phenoxy) is 1. The van der Waals surface area contributed by atoms with E-state index in [2.05, 4.69) is 10.5 Å². The molecule has 0 aliphatic heterocycles. The summed E-state index contributed by atoms with van der Waals surface area (Å²) >= 11 is 5.84. The highest BCUT2D eigenvalue weighted by atomic mass is 35.5. The molecule has 0 heterocycles. The molecule has 1 aromatic carbocycles. The van der Waals surface area contributed by atoms with Gasteiger partial charge in [0.05, 0.1) is 31.0 Å². The Kier molecular flexibility index (Phi) is 5.59. The van der Waals surface area contributed by atoms with Crippen LogP contribution < -0.4 is 10.2 Å². The highest BCUT2D eigenvalue weighted by Gasteiger charge is 2.08. The first-order valence-corrected chi connectivity index (χ1v) is 5.59. The van der Waals surface area contributed by atoms with Crippen LogP contribution in [-0.4, -0.2) is 36.2 Å². The summed E-state index contributed by atoms with van der Waals surface area (Å²) in [4.78, 5) is 0. The van der Waals surface area contributed by atoms with Gasteiger partial charge in [0.15, 0.2) is 11.5 Å². The number of aliphatic hydroxyl groups excluding tert-OH is 1. The summed E-state index contributed by atoms with van der Waals surface area (Å²) in [6.45, 7) is 2.64. The van der Waals surface area contributed by atoms with Gasteiger partial charge in [0.2, 0.25) is 0 Å². The smallest absolute Gasteiger partial charge is 0.176 e. The molecule has 0 spiro atoms. The van der Waals surface area contributed by atoms with Crippen molar-refractivity contribution in [2.45, 2.75) is 6.92 Å². The first-order chi connectivity index (χ1) is 8.19. The molecule has 0 fully saturated rings. The second kappa shape index (κ2) is 6.98. The third kappa shape index (κ3) is 4.13. The largest absolute Gasteiger partial charge is 0.503 e. The van der Waals surface area contributed by atoms with Gasteiger partial charge in [0, 0.05) is 0 Å². The molecule has 0 saturated carbocycles. The predicted octanol–water partition coefficient (Wildman–Crippen LogP) is 1.36. The van der Waals surface area contributed by atoms with Gasteiger partial charge in [0.1, 0.15) is 0 Å².